The second-order valence-corrected chi connectivity index (χ2v) is 3.42. The third kappa shape index (κ3) is 43.7. The van der Waals surface area contributed by atoms with Gasteiger partial charge in [0.25, 0.3) is 0 Å². The Morgan fingerprint density at radius 2 is 1.67 bits per heavy atom. The summed E-state index contributed by atoms with van der Waals surface area (Å²) in [5, 5.41) is 2.45. The lowest BCUT2D eigenvalue weighted by molar-refractivity contribution is -0.836. The molecule has 0 heterocycles. The predicted molar refractivity (Wildman–Crippen MR) is 67.2 cm³/mol. The van der Waals surface area contributed by atoms with Crippen LogP contribution in [0.4, 0.5) is 4.79 Å². The molecule has 0 aromatic heterocycles. The quantitative estimate of drug-likeness (QED) is 0.477. The van der Waals surface area contributed by atoms with Gasteiger partial charge in [0.05, 0.1) is 21.1 Å². The van der Waals surface area contributed by atoms with Crippen molar-refractivity contribution in [2.45, 2.75) is 6.92 Å². The number of nitrogens with one attached hydrogen (secondary N) is 3. The van der Waals surface area contributed by atoms with Crippen molar-refractivity contribution in [1.29, 1.82) is 0 Å². The molecule has 15 heavy (non-hydrogen) atoms. The number of hydrogen-bond donors (Lipinski definition) is 3. The Morgan fingerprint density at radius 1 is 1.33 bits per heavy atom. The number of quaternary nitrogens is 1. The van der Waals surface area contributed by atoms with Gasteiger partial charge in [-0.15, -0.1) is 13.2 Å². The molecule has 0 aliphatic carbocycles. The van der Waals surface area contributed by atoms with Gasteiger partial charge in [0.15, 0.2) is 0 Å². The molecule has 0 saturated heterocycles. The van der Waals surface area contributed by atoms with Crippen LogP contribution in [0.2, 0.25) is 0 Å². The van der Waals surface area contributed by atoms with Crippen LogP contribution in [0.15, 0.2) is 25.3 Å². The predicted octanol–water partition coefficient (Wildman–Crippen LogP) is 0.578. The van der Waals surface area contributed by atoms with Gasteiger partial charge in [-0.25, -0.2) is 9.63 Å². The average Bonchev–Trinajstić information content (AvgIpc) is 2.16. The topological polar surface area (TPSA) is 45.6 Å². The van der Waals surface area contributed by atoms with Gasteiger partial charge in [0.1, 0.15) is 0 Å². The monoisotopic (exact) mass is 236 g/mol. The summed E-state index contributed by atoms with van der Waals surface area (Å²) >= 11 is 4.94. The van der Waals surface area contributed by atoms with E-state index in [1.807, 2.05) is 11.8 Å². The molecular weight excluding hydrogens is 214 g/mol. The zero-order valence-electron chi connectivity index (χ0n) is 10.1. The van der Waals surface area contributed by atoms with E-state index in [0.29, 0.717) is 6.54 Å². The molecule has 0 bridgehead atoms. The van der Waals surface area contributed by atoms with Gasteiger partial charge in [-0.1, -0.05) is 12.2 Å². The summed E-state index contributed by atoms with van der Waals surface area (Å²) in [7, 11) is 6.25. The Hall–Kier alpha value is -1.00. The Bertz CT molecular complexity index is 169. The smallest absolute Gasteiger partial charge is 0.329 e. The van der Waals surface area contributed by atoms with Gasteiger partial charge in [-0.3, -0.25) is 0 Å². The van der Waals surface area contributed by atoms with Gasteiger partial charge in [-0.05, 0) is 6.92 Å². The number of carbonyl (C=O) groups excluding carboxylic acids is 1. The van der Waals surface area contributed by atoms with Crippen molar-refractivity contribution < 1.29 is 9.69 Å². The first-order valence-electron chi connectivity index (χ1n) is 4.45. The fourth-order valence-corrected chi connectivity index (χ4v) is 0.331. The molecule has 0 aliphatic rings. The van der Waals surface area contributed by atoms with Crippen LogP contribution in [-0.2, 0) is 0 Å². The van der Waals surface area contributed by atoms with Crippen molar-refractivity contribution in [1.82, 2.24) is 10.2 Å². The number of amides is 2. The molecule has 5 heteroatoms. The van der Waals surface area contributed by atoms with E-state index in [1.165, 1.54) is 4.90 Å². The van der Waals surface area contributed by atoms with Gasteiger partial charge < -0.3 is 10.2 Å². The number of halogens is 1. The first-order chi connectivity index (χ1) is 6.90. The highest BCUT2D eigenvalue weighted by molar-refractivity contribution is 6.21. The average molecular weight is 237 g/mol. The molecule has 0 atom stereocenters. The standard InChI is InChI=1S/C5H9ClN2O.C3H9N.C2H4/c1-4(2)3-7-5(9)8-6;1-4(2)3;1-2/h1,3H2,2H3,(H2,7,8,9);1-3H3;1-2H2/p+1. The molecule has 4 nitrogen and oxygen atoms in total. The molecule has 0 rings (SSSR count). The Kier molecular flexibility index (Phi) is 20.2. The second kappa shape index (κ2) is 15.5. The van der Waals surface area contributed by atoms with Gasteiger partial charge in [0, 0.05) is 18.3 Å². The van der Waals surface area contributed by atoms with E-state index >= 15 is 0 Å². The molecular formula is C10H23ClN3O+. The SMILES string of the molecule is C=C.C=C(C)CNC(=O)NCl.C[NH+](C)C. The molecule has 0 aromatic carbocycles. The van der Waals surface area contributed by atoms with Crippen LogP contribution in [0, 0.1) is 0 Å². The minimum Gasteiger partial charge on any atom is -0.342 e. The van der Waals surface area contributed by atoms with Crippen LogP contribution >= 0.6 is 11.8 Å². The van der Waals surface area contributed by atoms with Crippen LogP contribution in [0.3, 0.4) is 0 Å². The van der Waals surface area contributed by atoms with Gasteiger partial charge >= 0.3 is 6.03 Å². The second-order valence-electron chi connectivity index (χ2n) is 3.23. The van der Waals surface area contributed by atoms with Gasteiger partial charge in [0.2, 0.25) is 0 Å². The normalized spacial score (nSPS) is 7.60. The highest BCUT2D eigenvalue weighted by Crippen LogP contribution is 1.80. The fraction of sp³-hybridized carbons (Fsp3) is 0.500. The molecule has 0 aromatic rings. The molecule has 0 radical (unpaired) electrons. The molecule has 2 amide bonds. The summed E-state index contributed by atoms with van der Waals surface area (Å²) in [6.45, 7) is 11.8. The van der Waals surface area contributed by atoms with Crippen LogP contribution < -0.4 is 15.1 Å². The lowest BCUT2D eigenvalue weighted by atomic mass is 10.3. The van der Waals surface area contributed by atoms with E-state index in [4.69, 9.17) is 11.8 Å². The maximum absolute atomic E-state index is 10.3. The van der Waals surface area contributed by atoms with Crippen LogP contribution in [0.25, 0.3) is 0 Å². The minimum absolute atomic E-state index is 0.403. The third-order valence-corrected chi connectivity index (χ3v) is 0.808. The largest absolute Gasteiger partial charge is 0.342 e. The maximum atomic E-state index is 10.3. The zero-order valence-corrected chi connectivity index (χ0v) is 10.9. The third-order valence-electron chi connectivity index (χ3n) is 0.637. The van der Waals surface area contributed by atoms with Crippen LogP contribution in [0.1, 0.15) is 6.92 Å². The molecule has 0 fully saturated rings. The van der Waals surface area contributed by atoms with Crippen LogP contribution in [-0.4, -0.2) is 33.7 Å². The summed E-state index contributed by atoms with van der Waals surface area (Å²) in [5.41, 5.74) is 0.885. The number of rotatable bonds is 2. The molecule has 0 unspecified atom stereocenters. The molecule has 0 saturated carbocycles. The first-order valence-corrected chi connectivity index (χ1v) is 4.83. The minimum atomic E-state index is -0.403. The lowest BCUT2D eigenvalue weighted by Crippen LogP contribution is -3.02. The van der Waals surface area contributed by atoms with Crippen molar-refractivity contribution in [3.63, 3.8) is 0 Å². The summed E-state index contributed by atoms with van der Waals surface area (Å²) < 4.78 is 0. The molecule has 3 N–H and O–H groups in total. The Morgan fingerprint density at radius 3 is 1.87 bits per heavy atom. The summed E-state index contributed by atoms with van der Waals surface area (Å²) in [6.07, 6.45) is 0. The van der Waals surface area contributed by atoms with Crippen molar-refractivity contribution in [2.75, 3.05) is 27.7 Å². The van der Waals surface area contributed by atoms with Crippen molar-refractivity contribution in [2.24, 2.45) is 0 Å². The van der Waals surface area contributed by atoms with E-state index in [0.717, 1.165) is 5.57 Å². The number of carbonyl (C=O) groups is 1. The summed E-state index contributed by atoms with van der Waals surface area (Å²) in [4.78, 5) is 13.6. The van der Waals surface area contributed by atoms with Crippen molar-refractivity contribution in [3.05, 3.63) is 25.3 Å². The Balaban J connectivity index is -0.000000202. The lowest BCUT2D eigenvalue weighted by Gasteiger charge is -1.99. The molecule has 90 valence electrons. The number of hydrogen-bond acceptors (Lipinski definition) is 1. The van der Waals surface area contributed by atoms with E-state index in [-0.39, 0.29) is 0 Å². The fourth-order valence-electron chi connectivity index (χ4n) is 0.265. The summed E-state index contributed by atoms with van der Waals surface area (Å²) in [5.74, 6) is 0. The van der Waals surface area contributed by atoms with Crippen LogP contribution in [0.5, 0.6) is 0 Å². The van der Waals surface area contributed by atoms with E-state index in [9.17, 15) is 4.79 Å². The van der Waals surface area contributed by atoms with E-state index in [2.05, 4.69) is 46.2 Å². The van der Waals surface area contributed by atoms with Crippen molar-refractivity contribution >= 4 is 17.8 Å². The number of urea groups is 1. The zero-order chi connectivity index (χ0) is 12.9. The van der Waals surface area contributed by atoms with E-state index < -0.39 is 6.03 Å². The van der Waals surface area contributed by atoms with E-state index in [1.54, 1.807) is 0 Å². The maximum Gasteiger partial charge on any atom is 0.329 e. The van der Waals surface area contributed by atoms with Gasteiger partial charge in [-0.2, -0.15) is 0 Å². The first kappa shape index (κ1) is 19.6. The Labute approximate surface area is 98.1 Å². The molecule has 0 spiro atoms. The highest BCUT2D eigenvalue weighted by Gasteiger charge is 1.93. The molecule has 0 aliphatic heterocycles. The van der Waals surface area contributed by atoms with Crippen molar-refractivity contribution in [3.8, 4) is 0 Å². The summed E-state index contributed by atoms with van der Waals surface area (Å²) in [6, 6.07) is -0.403. The highest BCUT2D eigenvalue weighted by atomic mass is 35.5.